The number of hydrogen-bond donors (Lipinski definition) is 1. The van der Waals surface area contributed by atoms with Gasteiger partial charge in [0.2, 0.25) is 0 Å². The normalized spacial score (nSPS) is 39.6. The fourth-order valence-corrected chi connectivity index (χ4v) is 5.98. The van der Waals surface area contributed by atoms with Crippen molar-refractivity contribution in [3.05, 3.63) is 22.7 Å². The largest absolute Gasteiger partial charge is 0.460 e. The van der Waals surface area contributed by atoms with E-state index in [0.29, 0.717) is 17.8 Å². The van der Waals surface area contributed by atoms with E-state index in [-0.39, 0.29) is 30.4 Å². The van der Waals surface area contributed by atoms with Crippen LogP contribution in [0.15, 0.2) is 17.1 Å². The molecule has 0 radical (unpaired) electrons. The van der Waals surface area contributed by atoms with Crippen LogP contribution in [0.25, 0.3) is 0 Å². The molecule has 1 saturated heterocycles. The molecule has 2 heterocycles. The molecule has 1 aromatic heterocycles. The number of aromatic nitrogens is 2. The van der Waals surface area contributed by atoms with Crippen LogP contribution in [0.2, 0.25) is 0 Å². The summed E-state index contributed by atoms with van der Waals surface area (Å²) < 4.78 is 18.2. The molecule has 4 saturated carbocycles. The standard InChI is InChI=1S/C19H25N3O5/c20-14-1-2-22(18(24)21-14)15-9-25-16(27-15)10-26-17(23)19-6-11-3-12(7-19)5-13(4-11)8-19/h1-2,11-13,15-16H,3-10H2,(H2,20,21,24). The molecule has 5 aliphatic rings. The van der Waals surface area contributed by atoms with Crippen molar-refractivity contribution >= 4 is 11.8 Å². The Kier molecular flexibility index (Phi) is 4.01. The molecule has 4 bridgehead atoms. The molecule has 5 fully saturated rings. The van der Waals surface area contributed by atoms with Gasteiger partial charge in [-0.15, -0.1) is 0 Å². The monoisotopic (exact) mass is 375 g/mol. The summed E-state index contributed by atoms with van der Waals surface area (Å²) in [5.74, 6) is 2.14. The third-order valence-corrected chi connectivity index (χ3v) is 6.72. The molecule has 2 unspecified atom stereocenters. The lowest BCUT2D eigenvalue weighted by atomic mass is 9.49. The Morgan fingerprint density at radius 2 is 1.93 bits per heavy atom. The lowest BCUT2D eigenvalue weighted by Gasteiger charge is -2.55. The van der Waals surface area contributed by atoms with Crippen molar-refractivity contribution in [1.82, 2.24) is 9.55 Å². The van der Waals surface area contributed by atoms with Crippen molar-refractivity contribution in [3.63, 3.8) is 0 Å². The fourth-order valence-electron chi connectivity index (χ4n) is 5.98. The smallest absolute Gasteiger partial charge is 0.351 e. The van der Waals surface area contributed by atoms with Crippen LogP contribution in [0.4, 0.5) is 5.82 Å². The fraction of sp³-hybridized carbons (Fsp3) is 0.737. The highest BCUT2D eigenvalue weighted by Gasteiger charge is 2.55. The Labute approximate surface area is 157 Å². The summed E-state index contributed by atoms with van der Waals surface area (Å²) in [6, 6.07) is 1.53. The van der Waals surface area contributed by atoms with Crippen LogP contribution in [-0.2, 0) is 19.0 Å². The summed E-state index contributed by atoms with van der Waals surface area (Å²) >= 11 is 0. The number of ether oxygens (including phenoxy) is 3. The predicted octanol–water partition coefficient (Wildman–Crippen LogP) is 1.46. The number of esters is 1. The molecule has 8 heteroatoms. The van der Waals surface area contributed by atoms with Gasteiger partial charge in [-0.3, -0.25) is 9.36 Å². The maximum atomic E-state index is 12.9. The number of hydrogen-bond acceptors (Lipinski definition) is 7. The number of anilines is 1. The molecule has 6 rings (SSSR count). The second-order valence-corrected chi connectivity index (χ2v) is 8.69. The molecule has 0 aromatic carbocycles. The Bertz CT molecular complexity index is 771. The third-order valence-electron chi connectivity index (χ3n) is 6.72. The minimum atomic E-state index is -0.669. The highest BCUT2D eigenvalue weighted by Crippen LogP contribution is 2.60. The maximum absolute atomic E-state index is 12.9. The molecule has 0 spiro atoms. The summed E-state index contributed by atoms with van der Waals surface area (Å²) in [5.41, 5.74) is 4.73. The van der Waals surface area contributed by atoms with Gasteiger partial charge in [0.25, 0.3) is 0 Å². The van der Waals surface area contributed by atoms with Crippen LogP contribution in [0.3, 0.4) is 0 Å². The molecular formula is C19H25N3O5. The average Bonchev–Trinajstić information content (AvgIpc) is 3.07. The van der Waals surface area contributed by atoms with E-state index in [4.69, 9.17) is 19.9 Å². The molecule has 2 atom stereocenters. The van der Waals surface area contributed by atoms with Gasteiger partial charge in [-0.2, -0.15) is 4.98 Å². The van der Waals surface area contributed by atoms with Gasteiger partial charge in [0, 0.05) is 6.20 Å². The van der Waals surface area contributed by atoms with Crippen molar-refractivity contribution in [2.45, 2.75) is 51.0 Å². The zero-order chi connectivity index (χ0) is 18.6. The first-order valence-electron chi connectivity index (χ1n) is 9.80. The number of nitrogens with two attached hydrogens (primary N) is 1. The van der Waals surface area contributed by atoms with E-state index in [1.807, 2.05) is 0 Å². The predicted molar refractivity (Wildman–Crippen MR) is 94.3 cm³/mol. The number of nitrogens with zero attached hydrogens (tertiary/aromatic N) is 2. The first-order valence-corrected chi connectivity index (χ1v) is 9.80. The van der Waals surface area contributed by atoms with E-state index in [2.05, 4.69) is 4.98 Å². The van der Waals surface area contributed by atoms with Crippen molar-refractivity contribution in [1.29, 1.82) is 0 Å². The number of carbonyl (C=O) groups excluding carboxylic acids is 1. The Balaban J connectivity index is 1.19. The van der Waals surface area contributed by atoms with Gasteiger partial charge in [0.1, 0.15) is 12.4 Å². The van der Waals surface area contributed by atoms with Crippen LogP contribution in [0.1, 0.15) is 44.8 Å². The first kappa shape index (κ1) is 17.2. The molecule has 27 heavy (non-hydrogen) atoms. The second kappa shape index (κ2) is 6.31. The SMILES string of the molecule is Nc1ccn(C2COC(COC(=O)C34CC5CC(CC(C5)C3)C4)O2)c(=O)n1. The number of carbonyl (C=O) groups is 1. The Morgan fingerprint density at radius 3 is 2.56 bits per heavy atom. The van der Waals surface area contributed by atoms with Crippen LogP contribution in [0.5, 0.6) is 0 Å². The Hall–Kier alpha value is -1.93. The summed E-state index contributed by atoms with van der Waals surface area (Å²) in [6.07, 6.45) is 7.04. The van der Waals surface area contributed by atoms with Crippen molar-refractivity contribution in [2.24, 2.45) is 23.2 Å². The van der Waals surface area contributed by atoms with Crippen molar-refractivity contribution < 1.29 is 19.0 Å². The third kappa shape index (κ3) is 3.04. The number of rotatable bonds is 4. The van der Waals surface area contributed by atoms with E-state index in [1.165, 1.54) is 36.1 Å². The van der Waals surface area contributed by atoms with Crippen molar-refractivity contribution in [3.8, 4) is 0 Å². The molecule has 8 nitrogen and oxygen atoms in total. The van der Waals surface area contributed by atoms with E-state index >= 15 is 0 Å². The summed E-state index contributed by atoms with van der Waals surface area (Å²) in [7, 11) is 0. The van der Waals surface area contributed by atoms with E-state index in [0.717, 1.165) is 19.3 Å². The molecule has 146 valence electrons. The highest BCUT2D eigenvalue weighted by atomic mass is 16.7. The van der Waals surface area contributed by atoms with Crippen LogP contribution >= 0.6 is 0 Å². The second-order valence-electron chi connectivity index (χ2n) is 8.69. The average molecular weight is 375 g/mol. The van der Waals surface area contributed by atoms with Gasteiger partial charge in [-0.05, 0) is 62.3 Å². The van der Waals surface area contributed by atoms with Gasteiger partial charge < -0.3 is 19.9 Å². The molecule has 1 aliphatic heterocycles. The van der Waals surface area contributed by atoms with E-state index < -0.39 is 18.2 Å². The summed E-state index contributed by atoms with van der Waals surface area (Å²) in [4.78, 5) is 28.5. The van der Waals surface area contributed by atoms with Gasteiger partial charge in [0.15, 0.2) is 12.5 Å². The van der Waals surface area contributed by atoms with E-state index in [1.54, 1.807) is 0 Å². The quantitative estimate of drug-likeness (QED) is 0.794. The summed E-state index contributed by atoms with van der Waals surface area (Å²) in [6.45, 7) is 0.249. The zero-order valence-electron chi connectivity index (χ0n) is 15.2. The van der Waals surface area contributed by atoms with Gasteiger partial charge in [-0.25, -0.2) is 4.79 Å². The topological polar surface area (TPSA) is 106 Å². The number of nitrogen functional groups attached to an aromatic ring is 1. The van der Waals surface area contributed by atoms with Crippen LogP contribution in [0, 0.1) is 23.2 Å². The van der Waals surface area contributed by atoms with Gasteiger partial charge >= 0.3 is 11.7 Å². The minimum Gasteiger partial charge on any atom is -0.460 e. The van der Waals surface area contributed by atoms with Crippen molar-refractivity contribution in [2.75, 3.05) is 18.9 Å². The highest BCUT2D eigenvalue weighted by molar-refractivity contribution is 5.77. The first-order chi connectivity index (χ1) is 13.0. The molecular weight excluding hydrogens is 350 g/mol. The lowest BCUT2D eigenvalue weighted by molar-refractivity contribution is -0.183. The molecule has 4 aliphatic carbocycles. The summed E-state index contributed by atoms with van der Waals surface area (Å²) in [5, 5.41) is 0. The molecule has 2 N–H and O–H groups in total. The van der Waals surface area contributed by atoms with Gasteiger partial charge in [0.05, 0.1) is 12.0 Å². The molecule has 0 amide bonds. The Morgan fingerprint density at radius 1 is 1.26 bits per heavy atom. The minimum absolute atomic E-state index is 0.0498. The lowest BCUT2D eigenvalue weighted by Crippen LogP contribution is -2.50. The zero-order valence-corrected chi connectivity index (χ0v) is 15.2. The van der Waals surface area contributed by atoms with Crippen LogP contribution < -0.4 is 11.4 Å². The maximum Gasteiger partial charge on any atom is 0.351 e. The van der Waals surface area contributed by atoms with E-state index in [9.17, 15) is 9.59 Å². The van der Waals surface area contributed by atoms with Crippen LogP contribution in [-0.4, -0.2) is 35.0 Å². The molecule has 1 aromatic rings. The van der Waals surface area contributed by atoms with Gasteiger partial charge in [-0.1, -0.05) is 0 Å².